The Morgan fingerprint density at radius 2 is 1.08 bits per heavy atom. The molecular weight excluding hydrogens is 465 g/mol. The number of hydrogen-bond donors (Lipinski definition) is 0. The van der Waals surface area contributed by atoms with Gasteiger partial charge in [0, 0.05) is 0 Å². The maximum atomic E-state index is 9.30. The summed E-state index contributed by atoms with van der Waals surface area (Å²) in [4.78, 5) is 0. The Hall–Kier alpha value is -3.91. The first-order valence-electron chi connectivity index (χ1n) is 13.1. The third-order valence-electron chi connectivity index (χ3n) is 8.30. The Labute approximate surface area is 224 Å². The molecule has 4 heteroatoms. The van der Waals surface area contributed by atoms with Crippen LogP contribution in [0.15, 0.2) is 91.0 Å². The van der Waals surface area contributed by atoms with Crippen molar-refractivity contribution < 1.29 is 9.31 Å². The average Bonchev–Trinajstić information content (AvgIpc) is 3.13. The fraction of sp³-hybridized carbons (Fsp3) is 0.206. The monoisotopic (exact) mass is 495 g/mol. The molecule has 0 unspecified atom stereocenters. The highest BCUT2D eigenvalue weighted by atomic mass is 16.7. The highest BCUT2D eigenvalue weighted by Crippen LogP contribution is 2.44. The number of aryl methyl sites for hydroxylation is 1. The molecule has 1 aliphatic heterocycles. The minimum atomic E-state index is -0.388. The third kappa shape index (κ3) is 3.82. The van der Waals surface area contributed by atoms with Crippen molar-refractivity contribution in [2.75, 3.05) is 0 Å². The molecule has 1 fully saturated rings. The first-order chi connectivity index (χ1) is 18.2. The molecule has 0 atom stereocenters. The second-order valence-corrected chi connectivity index (χ2v) is 11.2. The van der Waals surface area contributed by atoms with Crippen LogP contribution in [0.3, 0.4) is 0 Å². The van der Waals surface area contributed by atoms with Crippen LogP contribution in [0, 0.1) is 18.3 Å². The van der Waals surface area contributed by atoms with Crippen molar-refractivity contribution >= 4 is 34.1 Å². The minimum absolute atomic E-state index is 0.379. The van der Waals surface area contributed by atoms with Gasteiger partial charge in [-0.1, -0.05) is 84.4 Å². The summed E-state index contributed by atoms with van der Waals surface area (Å²) in [6.07, 6.45) is 0. The molecule has 1 heterocycles. The quantitative estimate of drug-likeness (QED) is 0.189. The van der Waals surface area contributed by atoms with Crippen molar-refractivity contribution in [3.63, 3.8) is 0 Å². The van der Waals surface area contributed by atoms with Crippen LogP contribution < -0.4 is 5.46 Å². The van der Waals surface area contributed by atoms with Gasteiger partial charge in [0.05, 0.1) is 22.8 Å². The molecular formula is C34H30BNO2. The first-order valence-corrected chi connectivity index (χ1v) is 13.1. The molecule has 6 rings (SSSR count). The van der Waals surface area contributed by atoms with E-state index in [-0.39, 0.29) is 18.3 Å². The van der Waals surface area contributed by atoms with Gasteiger partial charge in [0.2, 0.25) is 0 Å². The van der Waals surface area contributed by atoms with E-state index in [1.807, 2.05) is 12.1 Å². The fourth-order valence-electron chi connectivity index (χ4n) is 5.53. The van der Waals surface area contributed by atoms with Gasteiger partial charge in [-0.05, 0) is 96.0 Å². The van der Waals surface area contributed by atoms with Crippen molar-refractivity contribution in [1.82, 2.24) is 0 Å². The van der Waals surface area contributed by atoms with Crippen LogP contribution in [-0.4, -0.2) is 18.3 Å². The van der Waals surface area contributed by atoms with Crippen molar-refractivity contribution in [3.05, 3.63) is 102 Å². The van der Waals surface area contributed by atoms with Gasteiger partial charge in [-0.2, -0.15) is 5.26 Å². The lowest BCUT2D eigenvalue weighted by Crippen LogP contribution is -2.41. The Kier molecular flexibility index (Phi) is 5.68. The molecule has 5 aromatic rings. The normalized spacial score (nSPS) is 16.2. The zero-order valence-corrected chi connectivity index (χ0v) is 22.5. The highest BCUT2D eigenvalue weighted by Gasteiger charge is 2.52. The topological polar surface area (TPSA) is 42.2 Å². The Morgan fingerprint density at radius 3 is 1.53 bits per heavy atom. The van der Waals surface area contributed by atoms with Crippen molar-refractivity contribution in [3.8, 4) is 28.3 Å². The first kappa shape index (κ1) is 24.4. The van der Waals surface area contributed by atoms with Crippen LogP contribution >= 0.6 is 0 Å². The molecule has 0 bridgehead atoms. The fourth-order valence-corrected chi connectivity index (χ4v) is 5.53. The van der Waals surface area contributed by atoms with E-state index in [0.717, 1.165) is 16.6 Å². The Balaban J connectivity index is 1.56. The summed E-state index contributed by atoms with van der Waals surface area (Å²) in [5.74, 6) is 0. The van der Waals surface area contributed by atoms with Crippen molar-refractivity contribution in [2.24, 2.45) is 0 Å². The van der Waals surface area contributed by atoms with Crippen LogP contribution in [0.5, 0.6) is 0 Å². The summed E-state index contributed by atoms with van der Waals surface area (Å²) in [6.45, 7) is 10.5. The van der Waals surface area contributed by atoms with Gasteiger partial charge in [0.25, 0.3) is 0 Å². The number of hydrogen-bond acceptors (Lipinski definition) is 3. The zero-order valence-electron chi connectivity index (χ0n) is 22.5. The number of rotatable bonds is 3. The minimum Gasteiger partial charge on any atom is -0.399 e. The lowest BCUT2D eigenvalue weighted by molar-refractivity contribution is 0.00578. The van der Waals surface area contributed by atoms with Crippen LogP contribution in [-0.2, 0) is 9.31 Å². The predicted molar refractivity (Wildman–Crippen MR) is 157 cm³/mol. The molecule has 0 aromatic heterocycles. The van der Waals surface area contributed by atoms with Crippen molar-refractivity contribution in [2.45, 2.75) is 45.8 Å². The van der Waals surface area contributed by atoms with E-state index < -0.39 is 0 Å². The van der Waals surface area contributed by atoms with Crippen LogP contribution in [0.1, 0.15) is 38.8 Å². The molecule has 5 aromatic carbocycles. The van der Waals surface area contributed by atoms with E-state index in [9.17, 15) is 5.26 Å². The molecule has 0 aliphatic carbocycles. The Morgan fingerprint density at radius 1 is 0.632 bits per heavy atom. The number of benzene rings is 5. The standard InChI is InChI=1S/C34H30BNO2/c1-22-20-25(18-19-30(22)35-37-33(2,3)34(4,5)38-35)32-28-12-8-6-10-26(28)31(27-11-7-9-13-29(27)32)24-16-14-23(21-36)15-17-24/h6-20H,1-5H3. The number of nitrogens with zero attached hydrogens (tertiary/aromatic N) is 1. The maximum absolute atomic E-state index is 9.30. The van der Waals surface area contributed by atoms with Gasteiger partial charge in [-0.25, -0.2) is 0 Å². The summed E-state index contributed by atoms with van der Waals surface area (Å²) in [7, 11) is -0.388. The molecule has 1 aliphatic rings. The molecule has 186 valence electrons. The van der Waals surface area contributed by atoms with Gasteiger partial charge in [0.15, 0.2) is 0 Å². The van der Waals surface area contributed by atoms with E-state index >= 15 is 0 Å². The van der Waals surface area contributed by atoms with Crippen LogP contribution in [0.25, 0.3) is 43.8 Å². The van der Waals surface area contributed by atoms with Gasteiger partial charge < -0.3 is 9.31 Å². The summed E-state index contributed by atoms with van der Waals surface area (Å²) >= 11 is 0. The zero-order chi connectivity index (χ0) is 26.7. The molecule has 0 spiro atoms. The molecule has 0 amide bonds. The molecule has 38 heavy (non-hydrogen) atoms. The SMILES string of the molecule is Cc1cc(-c2c3ccccc3c(-c3ccc(C#N)cc3)c3ccccc23)ccc1B1OC(C)(C)C(C)(C)O1. The lowest BCUT2D eigenvalue weighted by atomic mass is 9.75. The van der Waals surface area contributed by atoms with Gasteiger partial charge >= 0.3 is 7.12 Å². The number of fused-ring (bicyclic) bond motifs is 2. The van der Waals surface area contributed by atoms with Gasteiger partial charge in [0.1, 0.15) is 0 Å². The Bertz CT molecular complexity index is 1670. The third-order valence-corrected chi connectivity index (χ3v) is 8.30. The molecule has 0 saturated carbocycles. The smallest absolute Gasteiger partial charge is 0.399 e. The van der Waals surface area contributed by atoms with E-state index in [2.05, 4.69) is 120 Å². The molecule has 3 nitrogen and oxygen atoms in total. The van der Waals surface area contributed by atoms with Crippen LogP contribution in [0.2, 0.25) is 0 Å². The predicted octanol–water partition coefficient (Wildman–Crippen LogP) is 7.81. The summed E-state index contributed by atoms with van der Waals surface area (Å²) in [6, 6.07) is 34.0. The van der Waals surface area contributed by atoms with E-state index in [1.165, 1.54) is 38.2 Å². The van der Waals surface area contributed by atoms with E-state index in [4.69, 9.17) is 9.31 Å². The summed E-state index contributed by atoms with van der Waals surface area (Å²) in [5, 5.41) is 14.1. The highest BCUT2D eigenvalue weighted by molar-refractivity contribution is 6.62. The van der Waals surface area contributed by atoms with E-state index in [0.29, 0.717) is 5.56 Å². The largest absolute Gasteiger partial charge is 0.495 e. The van der Waals surface area contributed by atoms with E-state index in [1.54, 1.807) is 0 Å². The van der Waals surface area contributed by atoms with Gasteiger partial charge in [-0.15, -0.1) is 0 Å². The van der Waals surface area contributed by atoms with Crippen LogP contribution in [0.4, 0.5) is 0 Å². The second-order valence-electron chi connectivity index (χ2n) is 11.2. The summed E-state index contributed by atoms with van der Waals surface area (Å²) < 4.78 is 12.7. The molecule has 1 saturated heterocycles. The second kappa shape index (κ2) is 8.84. The average molecular weight is 495 g/mol. The molecule has 0 radical (unpaired) electrons. The summed E-state index contributed by atoms with van der Waals surface area (Å²) in [5.41, 5.74) is 6.80. The molecule has 0 N–H and O–H groups in total. The van der Waals surface area contributed by atoms with Gasteiger partial charge in [-0.3, -0.25) is 0 Å². The lowest BCUT2D eigenvalue weighted by Gasteiger charge is -2.32. The number of nitriles is 1. The van der Waals surface area contributed by atoms with Crippen molar-refractivity contribution in [1.29, 1.82) is 5.26 Å². The maximum Gasteiger partial charge on any atom is 0.495 e.